The molecule has 0 spiro atoms. The lowest BCUT2D eigenvalue weighted by Crippen LogP contribution is -2.32. The average molecular weight is 432 g/mol. The summed E-state index contributed by atoms with van der Waals surface area (Å²) in [7, 11) is -0.0326. The van der Waals surface area contributed by atoms with E-state index >= 15 is 0 Å². The highest BCUT2D eigenvalue weighted by Gasteiger charge is 2.29. The molecule has 0 heterocycles. The number of ether oxygens (including phenoxy) is 2. The summed E-state index contributed by atoms with van der Waals surface area (Å²) in [5.74, 6) is 1.05. The Labute approximate surface area is 178 Å². The summed E-state index contributed by atoms with van der Waals surface area (Å²) in [5, 5.41) is 2.71. The molecular weight excluding hydrogens is 402 g/mol. The molecule has 0 atom stereocenters. The van der Waals surface area contributed by atoms with Gasteiger partial charge in [0.15, 0.2) is 9.84 Å². The predicted molar refractivity (Wildman–Crippen MR) is 117 cm³/mol. The summed E-state index contributed by atoms with van der Waals surface area (Å²) in [6.07, 6.45) is 3.29. The number of carbonyl (C=O) groups excluding carboxylic acids is 1. The number of hydrogen-bond donors (Lipinski definition) is 1. The van der Waals surface area contributed by atoms with Crippen LogP contribution in [-0.2, 0) is 14.6 Å². The molecule has 1 aliphatic carbocycles. The average Bonchev–Trinajstić information content (AvgIpc) is 3.32. The molecule has 1 aliphatic rings. The second-order valence-corrected chi connectivity index (χ2v) is 9.97. The first kappa shape index (κ1) is 22.2. The van der Waals surface area contributed by atoms with Gasteiger partial charge in [0.2, 0.25) is 5.91 Å². The van der Waals surface area contributed by atoms with Gasteiger partial charge in [-0.05, 0) is 48.2 Å². The van der Waals surface area contributed by atoms with Crippen molar-refractivity contribution in [3.63, 3.8) is 0 Å². The molecular formula is C23H29NO5S. The Morgan fingerprint density at radius 1 is 0.933 bits per heavy atom. The van der Waals surface area contributed by atoms with Gasteiger partial charge in [0.1, 0.15) is 11.5 Å². The molecule has 3 rings (SSSR count). The Hall–Kier alpha value is -2.54. The zero-order valence-electron chi connectivity index (χ0n) is 17.5. The van der Waals surface area contributed by atoms with E-state index in [1.165, 1.54) is 0 Å². The van der Waals surface area contributed by atoms with Crippen LogP contribution in [0.15, 0.2) is 48.5 Å². The van der Waals surface area contributed by atoms with E-state index in [-0.39, 0.29) is 23.3 Å². The Morgan fingerprint density at radius 3 is 1.83 bits per heavy atom. The third-order valence-electron chi connectivity index (χ3n) is 5.63. The van der Waals surface area contributed by atoms with Crippen molar-refractivity contribution in [1.82, 2.24) is 5.32 Å². The maximum Gasteiger partial charge on any atom is 0.221 e. The van der Waals surface area contributed by atoms with Crippen LogP contribution in [0.3, 0.4) is 0 Å². The first-order chi connectivity index (χ1) is 14.4. The summed E-state index contributed by atoms with van der Waals surface area (Å²) in [6, 6.07) is 14.5. The van der Waals surface area contributed by atoms with Gasteiger partial charge in [-0.2, -0.15) is 0 Å². The largest absolute Gasteiger partial charge is 0.497 e. The van der Waals surface area contributed by atoms with Gasteiger partial charge in [0, 0.05) is 6.42 Å². The number of hydrogen-bond acceptors (Lipinski definition) is 5. The number of amides is 1. The normalized spacial score (nSPS) is 14.6. The van der Waals surface area contributed by atoms with E-state index in [9.17, 15) is 13.2 Å². The molecule has 0 aliphatic heterocycles. The van der Waals surface area contributed by atoms with Gasteiger partial charge in [-0.15, -0.1) is 0 Å². The Balaban J connectivity index is 1.74. The van der Waals surface area contributed by atoms with E-state index in [4.69, 9.17) is 9.47 Å². The van der Waals surface area contributed by atoms with Crippen LogP contribution in [0.25, 0.3) is 0 Å². The lowest BCUT2D eigenvalue weighted by molar-refractivity contribution is -0.121. The fraction of sp³-hybridized carbons (Fsp3) is 0.435. The van der Waals surface area contributed by atoms with E-state index in [0.29, 0.717) is 12.8 Å². The third kappa shape index (κ3) is 5.53. The Kier molecular flexibility index (Phi) is 7.37. The quantitative estimate of drug-likeness (QED) is 0.655. The van der Waals surface area contributed by atoms with Crippen LogP contribution < -0.4 is 14.8 Å². The molecule has 1 amide bonds. The lowest BCUT2D eigenvalue weighted by Gasteiger charge is -2.21. The Morgan fingerprint density at radius 2 is 1.40 bits per heavy atom. The minimum absolute atomic E-state index is 0.0400. The fourth-order valence-electron chi connectivity index (χ4n) is 3.83. The number of sulfone groups is 1. The molecule has 2 aromatic rings. The van der Waals surface area contributed by atoms with Gasteiger partial charge in [-0.3, -0.25) is 4.79 Å². The minimum atomic E-state index is -3.23. The molecule has 2 aromatic carbocycles. The van der Waals surface area contributed by atoms with Crippen molar-refractivity contribution in [1.29, 1.82) is 0 Å². The van der Waals surface area contributed by atoms with Crippen LogP contribution in [0, 0.1) is 0 Å². The van der Waals surface area contributed by atoms with Gasteiger partial charge in [-0.1, -0.05) is 37.1 Å². The van der Waals surface area contributed by atoms with E-state index in [0.717, 1.165) is 35.5 Å². The van der Waals surface area contributed by atoms with Crippen molar-refractivity contribution in [2.24, 2.45) is 0 Å². The third-order valence-corrected chi connectivity index (χ3v) is 7.89. The highest BCUT2D eigenvalue weighted by molar-refractivity contribution is 7.92. The van der Waals surface area contributed by atoms with Crippen LogP contribution in [-0.4, -0.2) is 39.5 Å². The monoisotopic (exact) mass is 431 g/mol. The number of carbonyl (C=O) groups is 1. The first-order valence-corrected chi connectivity index (χ1v) is 11.9. The molecule has 0 aromatic heterocycles. The fourth-order valence-corrected chi connectivity index (χ4v) is 5.69. The molecule has 162 valence electrons. The first-order valence-electron chi connectivity index (χ1n) is 10.2. The smallest absolute Gasteiger partial charge is 0.221 e. The molecule has 7 heteroatoms. The van der Waals surface area contributed by atoms with Crippen molar-refractivity contribution in [3.05, 3.63) is 59.7 Å². The van der Waals surface area contributed by atoms with Crippen LogP contribution in [0.1, 0.15) is 49.3 Å². The molecule has 1 saturated carbocycles. The van der Waals surface area contributed by atoms with E-state index in [1.54, 1.807) is 14.2 Å². The van der Waals surface area contributed by atoms with Crippen LogP contribution >= 0.6 is 0 Å². The molecule has 0 unspecified atom stereocenters. The maximum absolute atomic E-state index is 12.7. The van der Waals surface area contributed by atoms with Crippen molar-refractivity contribution >= 4 is 15.7 Å². The minimum Gasteiger partial charge on any atom is -0.497 e. The molecule has 1 N–H and O–H groups in total. The van der Waals surface area contributed by atoms with Crippen molar-refractivity contribution in [3.8, 4) is 11.5 Å². The van der Waals surface area contributed by atoms with Gasteiger partial charge < -0.3 is 14.8 Å². The van der Waals surface area contributed by atoms with E-state index in [1.807, 2.05) is 48.5 Å². The van der Waals surface area contributed by atoms with Crippen LogP contribution in [0.4, 0.5) is 0 Å². The molecule has 30 heavy (non-hydrogen) atoms. The van der Waals surface area contributed by atoms with Crippen molar-refractivity contribution in [2.45, 2.75) is 43.4 Å². The SMILES string of the molecule is COc1ccc(C(NC(=O)CCS(=O)(=O)C2CCCC2)c2ccc(OC)cc2)cc1. The number of nitrogens with one attached hydrogen (secondary N) is 1. The van der Waals surface area contributed by atoms with Gasteiger partial charge in [0.25, 0.3) is 0 Å². The summed E-state index contributed by atoms with van der Waals surface area (Å²) in [6.45, 7) is 0. The summed E-state index contributed by atoms with van der Waals surface area (Å²) in [4.78, 5) is 12.7. The van der Waals surface area contributed by atoms with E-state index < -0.39 is 15.9 Å². The summed E-state index contributed by atoms with van der Waals surface area (Å²) < 4.78 is 35.4. The predicted octanol–water partition coefficient (Wildman–Crippen LogP) is 3.66. The maximum atomic E-state index is 12.7. The number of rotatable bonds is 9. The molecule has 0 saturated heterocycles. The molecule has 6 nitrogen and oxygen atoms in total. The summed E-state index contributed by atoms with van der Waals surface area (Å²) in [5.41, 5.74) is 1.76. The molecule has 1 fully saturated rings. The second-order valence-electron chi connectivity index (χ2n) is 7.57. The lowest BCUT2D eigenvalue weighted by atomic mass is 9.98. The topological polar surface area (TPSA) is 81.7 Å². The highest BCUT2D eigenvalue weighted by atomic mass is 32.2. The van der Waals surface area contributed by atoms with Crippen molar-refractivity contribution in [2.75, 3.05) is 20.0 Å². The Bertz CT molecular complexity index is 885. The van der Waals surface area contributed by atoms with Gasteiger partial charge >= 0.3 is 0 Å². The molecule has 0 bridgehead atoms. The molecule has 0 radical (unpaired) electrons. The zero-order valence-corrected chi connectivity index (χ0v) is 18.3. The van der Waals surface area contributed by atoms with Crippen LogP contribution in [0.5, 0.6) is 11.5 Å². The zero-order chi connectivity index (χ0) is 21.6. The van der Waals surface area contributed by atoms with Gasteiger partial charge in [0.05, 0.1) is 31.3 Å². The van der Waals surface area contributed by atoms with Gasteiger partial charge in [-0.25, -0.2) is 8.42 Å². The standard InChI is InChI=1S/C23H29NO5S/c1-28-19-11-7-17(8-12-19)23(18-9-13-20(29-2)14-10-18)24-22(25)15-16-30(26,27)21-5-3-4-6-21/h7-14,21,23H,3-6,15-16H2,1-2H3,(H,24,25). The van der Waals surface area contributed by atoms with Crippen molar-refractivity contribution < 1.29 is 22.7 Å². The number of methoxy groups -OCH3 is 2. The van der Waals surface area contributed by atoms with E-state index in [2.05, 4.69) is 5.32 Å². The van der Waals surface area contributed by atoms with Crippen LogP contribution in [0.2, 0.25) is 0 Å². The second kappa shape index (κ2) is 9.98. The summed E-state index contributed by atoms with van der Waals surface area (Å²) >= 11 is 0. The number of benzene rings is 2. The highest BCUT2D eigenvalue weighted by Crippen LogP contribution is 2.27.